The predicted octanol–water partition coefficient (Wildman–Crippen LogP) is 3.46. The molecule has 0 aliphatic rings. The van der Waals surface area contributed by atoms with E-state index in [0.29, 0.717) is 32.0 Å². The summed E-state index contributed by atoms with van der Waals surface area (Å²) in [5.74, 6) is 4.33. The van der Waals surface area contributed by atoms with Gasteiger partial charge in [0.1, 0.15) is 0 Å². The van der Waals surface area contributed by atoms with Crippen molar-refractivity contribution in [3.05, 3.63) is 79.5 Å². The molecule has 0 bridgehead atoms. The van der Waals surface area contributed by atoms with E-state index in [9.17, 15) is 9.59 Å². The number of halogens is 3. The maximum Gasteiger partial charge on any atom is 0.289 e. The first-order valence-corrected chi connectivity index (χ1v) is 8.41. The van der Waals surface area contributed by atoms with Crippen LogP contribution in [-0.4, -0.2) is 15.7 Å². The maximum absolute atomic E-state index is 12.3. The average molecular weight is 410 g/mol. The number of carbonyl (C=O) groups excluding carboxylic acids is 1. The summed E-state index contributed by atoms with van der Waals surface area (Å²) in [5, 5.41) is 5.47. The number of aromatic nitrogens is 2. The van der Waals surface area contributed by atoms with Gasteiger partial charge in [-0.3, -0.25) is 15.0 Å². The molecule has 0 aliphatic heterocycles. The van der Waals surface area contributed by atoms with Crippen molar-refractivity contribution in [3.63, 3.8) is 0 Å². The van der Waals surface area contributed by atoms with E-state index in [4.69, 9.17) is 40.6 Å². The standard InChI is InChI=1S/C17H11Cl3N4O2/c18-9-1-4-11(5-2-9)24-14(12-6-3-10(19)7-13(12)20)8-15(25)16(23-24)17(26)22-21/h1-8H,21H2,(H,22,26). The normalized spacial score (nSPS) is 10.6. The number of carbonyl (C=O) groups is 1. The van der Waals surface area contributed by atoms with Crippen molar-refractivity contribution in [3.8, 4) is 16.9 Å². The van der Waals surface area contributed by atoms with Crippen LogP contribution in [0.15, 0.2) is 53.3 Å². The molecule has 0 atom stereocenters. The van der Waals surface area contributed by atoms with Gasteiger partial charge in [0.15, 0.2) is 5.69 Å². The Kier molecular flexibility index (Phi) is 5.29. The molecule has 0 saturated carbocycles. The predicted molar refractivity (Wildman–Crippen MR) is 102 cm³/mol. The molecule has 0 radical (unpaired) electrons. The molecule has 9 heteroatoms. The fourth-order valence-corrected chi connectivity index (χ4v) is 2.98. The Morgan fingerprint density at radius 3 is 2.27 bits per heavy atom. The van der Waals surface area contributed by atoms with Crippen molar-refractivity contribution in [2.75, 3.05) is 0 Å². The lowest BCUT2D eigenvalue weighted by molar-refractivity contribution is 0.0946. The third kappa shape index (κ3) is 3.59. The summed E-state index contributed by atoms with van der Waals surface area (Å²) >= 11 is 18.2. The Morgan fingerprint density at radius 1 is 1.00 bits per heavy atom. The van der Waals surface area contributed by atoms with E-state index in [0.717, 1.165) is 0 Å². The lowest BCUT2D eigenvalue weighted by atomic mass is 10.1. The summed E-state index contributed by atoms with van der Waals surface area (Å²) in [6.45, 7) is 0. The molecule has 0 saturated heterocycles. The number of hydrazine groups is 1. The summed E-state index contributed by atoms with van der Waals surface area (Å²) in [6.07, 6.45) is 0. The number of amides is 1. The van der Waals surface area contributed by atoms with Gasteiger partial charge in [0.2, 0.25) is 5.43 Å². The Labute approximate surface area is 163 Å². The minimum Gasteiger partial charge on any atom is -0.289 e. The first-order valence-electron chi connectivity index (χ1n) is 7.27. The molecule has 0 fully saturated rings. The highest BCUT2D eigenvalue weighted by Gasteiger charge is 2.18. The Morgan fingerprint density at radius 2 is 1.65 bits per heavy atom. The summed E-state index contributed by atoms with van der Waals surface area (Å²) in [6, 6.07) is 12.8. The Balaban J connectivity index is 2.32. The molecule has 26 heavy (non-hydrogen) atoms. The topological polar surface area (TPSA) is 90.0 Å². The van der Waals surface area contributed by atoms with E-state index in [-0.39, 0.29) is 5.69 Å². The van der Waals surface area contributed by atoms with Crippen molar-refractivity contribution in [2.45, 2.75) is 0 Å². The van der Waals surface area contributed by atoms with Crippen molar-refractivity contribution < 1.29 is 4.79 Å². The SMILES string of the molecule is NNC(=O)c1nn(-c2ccc(Cl)cc2)c(-c2ccc(Cl)cc2Cl)cc1=O. The second kappa shape index (κ2) is 7.47. The molecule has 3 rings (SSSR count). The zero-order valence-electron chi connectivity index (χ0n) is 13.0. The molecule has 132 valence electrons. The van der Waals surface area contributed by atoms with E-state index >= 15 is 0 Å². The smallest absolute Gasteiger partial charge is 0.289 e. The number of nitrogens with zero attached hydrogens (tertiary/aromatic N) is 2. The largest absolute Gasteiger partial charge is 0.289 e. The van der Waals surface area contributed by atoms with Gasteiger partial charge in [0.05, 0.1) is 16.4 Å². The lowest BCUT2D eigenvalue weighted by Gasteiger charge is -2.15. The fourth-order valence-electron chi connectivity index (χ4n) is 2.35. The molecule has 0 aliphatic carbocycles. The molecule has 0 unspecified atom stereocenters. The van der Waals surface area contributed by atoms with Crippen LogP contribution in [0.25, 0.3) is 16.9 Å². The number of nitrogens with one attached hydrogen (secondary N) is 1. The Bertz CT molecular complexity index is 1050. The van der Waals surface area contributed by atoms with Gasteiger partial charge in [-0.05, 0) is 42.5 Å². The van der Waals surface area contributed by atoms with Crippen LogP contribution in [0, 0.1) is 0 Å². The van der Waals surface area contributed by atoms with Crippen LogP contribution in [0.3, 0.4) is 0 Å². The van der Waals surface area contributed by atoms with Crippen molar-refractivity contribution in [1.29, 1.82) is 0 Å². The highest BCUT2D eigenvalue weighted by Crippen LogP contribution is 2.31. The molecular weight excluding hydrogens is 399 g/mol. The van der Waals surface area contributed by atoms with Crippen LogP contribution in [0.4, 0.5) is 0 Å². The molecule has 6 nitrogen and oxygen atoms in total. The van der Waals surface area contributed by atoms with Gasteiger partial charge in [-0.15, -0.1) is 0 Å². The lowest BCUT2D eigenvalue weighted by Crippen LogP contribution is -2.36. The van der Waals surface area contributed by atoms with Gasteiger partial charge >= 0.3 is 0 Å². The Hall–Kier alpha value is -2.38. The van der Waals surface area contributed by atoms with Crippen LogP contribution in [0.1, 0.15) is 10.5 Å². The zero-order valence-corrected chi connectivity index (χ0v) is 15.3. The van der Waals surface area contributed by atoms with Gasteiger partial charge in [0.25, 0.3) is 5.91 Å². The number of nitrogens with two attached hydrogens (primary N) is 1. The molecule has 3 N–H and O–H groups in total. The maximum atomic E-state index is 12.3. The first kappa shape index (κ1) is 18.4. The minimum absolute atomic E-state index is 0.331. The highest BCUT2D eigenvalue weighted by molar-refractivity contribution is 6.36. The van der Waals surface area contributed by atoms with E-state index < -0.39 is 11.3 Å². The van der Waals surface area contributed by atoms with Gasteiger partial charge in [-0.25, -0.2) is 10.5 Å². The van der Waals surface area contributed by atoms with E-state index in [1.807, 2.05) is 5.43 Å². The highest BCUT2D eigenvalue weighted by atomic mass is 35.5. The fraction of sp³-hybridized carbons (Fsp3) is 0. The second-order valence-corrected chi connectivity index (χ2v) is 6.51. The minimum atomic E-state index is -0.800. The van der Waals surface area contributed by atoms with E-state index in [2.05, 4.69) is 5.10 Å². The number of rotatable bonds is 3. The molecule has 0 spiro atoms. The summed E-state index contributed by atoms with van der Waals surface area (Å²) in [7, 11) is 0. The zero-order chi connectivity index (χ0) is 18.8. The van der Waals surface area contributed by atoms with Gasteiger partial charge in [-0.2, -0.15) is 5.10 Å². The van der Waals surface area contributed by atoms with E-state index in [1.165, 1.54) is 10.7 Å². The monoisotopic (exact) mass is 408 g/mol. The third-order valence-corrected chi connectivity index (χ3v) is 4.35. The number of nitrogen functional groups attached to an aromatic ring is 1. The van der Waals surface area contributed by atoms with Crippen molar-refractivity contribution in [1.82, 2.24) is 15.2 Å². The number of hydrogen-bond donors (Lipinski definition) is 2. The summed E-state index contributed by atoms with van der Waals surface area (Å²) in [4.78, 5) is 24.2. The molecule has 3 aromatic rings. The van der Waals surface area contributed by atoms with Crippen molar-refractivity contribution >= 4 is 40.7 Å². The number of benzene rings is 2. The third-order valence-electron chi connectivity index (χ3n) is 3.55. The average Bonchev–Trinajstić information content (AvgIpc) is 2.62. The quantitative estimate of drug-likeness (QED) is 0.394. The molecule has 2 aromatic carbocycles. The molecule has 1 amide bonds. The summed E-state index contributed by atoms with van der Waals surface area (Å²) in [5.41, 5.74) is 2.44. The molecule has 1 aromatic heterocycles. The van der Waals surface area contributed by atoms with Gasteiger partial charge in [-0.1, -0.05) is 34.8 Å². The van der Waals surface area contributed by atoms with Gasteiger partial charge in [0, 0.05) is 21.7 Å². The van der Waals surface area contributed by atoms with Crippen molar-refractivity contribution in [2.24, 2.45) is 5.84 Å². The van der Waals surface area contributed by atoms with Gasteiger partial charge < -0.3 is 0 Å². The number of hydrogen-bond acceptors (Lipinski definition) is 4. The van der Waals surface area contributed by atoms with Crippen LogP contribution >= 0.6 is 34.8 Å². The molecule has 1 heterocycles. The van der Waals surface area contributed by atoms with Crippen LogP contribution < -0.4 is 16.7 Å². The summed E-state index contributed by atoms with van der Waals surface area (Å²) < 4.78 is 1.41. The van der Waals surface area contributed by atoms with E-state index in [1.54, 1.807) is 42.5 Å². The second-order valence-electron chi connectivity index (χ2n) is 5.23. The van der Waals surface area contributed by atoms with Crippen LogP contribution in [0.5, 0.6) is 0 Å². The van der Waals surface area contributed by atoms with Crippen LogP contribution in [-0.2, 0) is 0 Å². The van der Waals surface area contributed by atoms with Crippen LogP contribution in [0.2, 0.25) is 15.1 Å². The first-order chi connectivity index (χ1) is 12.4. The molecular formula is C17H11Cl3N4O2.